The maximum atomic E-state index is 12.6. The Morgan fingerprint density at radius 3 is 2.52 bits per heavy atom. The second-order valence-electron chi connectivity index (χ2n) is 6.98. The summed E-state index contributed by atoms with van der Waals surface area (Å²) in [6.45, 7) is 10.6. The van der Waals surface area contributed by atoms with Crippen LogP contribution in [0.25, 0.3) is 0 Å². The number of nitrogens with zero attached hydrogens (tertiary/aromatic N) is 6. The summed E-state index contributed by atoms with van der Waals surface area (Å²) in [5.41, 5.74) is 4.46. The molecule has 0 aliphatic heterocycles. The second-order valence-corrected chi connectivity index (χ2v) is 6.98. The Hall–Kier alpha value is -3.43. The molecule has 1 atom stereocenters. The van der Waals surface area contributed by atoms with Gasteiger partial charge in [0.15, 0.2) is 0 Å². The van der Waals surface area contributed by atoms with Crippen molar-refractivity contribution in [1.29, 1.82) is 0 Å². The summed E-state index contributed by atoms with van der Waals surface area (Å²) in [5, 5.41) is 24.9. The number of amides is 1. The van der Waals surface area contributed by atoms with E-state index in [0.29, 0.717) is 17.9 Å². The van der Waals surface area contributed by atoms with E-state index < -0.39 is 12.0 Å². The Morgan fingerprint density at radius 2 is 1.90 bits per heavy atom. The molecule has 0 aromatic carbocycles. The first-order valence-corrected chi connectivity index (χ1v) is 9.36. The first kappa shape index (κ1) is 20.3. The highest BCUT2D eigenvalue weighted by Gasteiger charge is 2.20. The van der Waals surface area contributed by atoms with E-state index in [9.17, 15) is 9.59 Å². The fourth-order valence-electron chi connectivity index (χ4n) is 3.04. The van der Waals surface area contributed by atoms with Crippen LogP contribution in [0.5, 0.6) is 0 Å². The third-order valence-corrected chi connectivity index (χ3v) is 4.93. The number of nitrogens with one attached hydrogen (secondary N) is 1. The van der Waals surface area contributed by atoms with Gasteiger partial charge in [-0.25, -0.2) is 4.79 Å². The van der Waals surface area contributed by atoms with Crippen molar-refractivity contribution in [3.63, 3.8) is 0 Å². The number of carbonyl (C=O) groups is 2. The van der Waals surface area contributed by atoms with Crippen molar-refractivity contribution in [3.8, 4) is 0 Å². The Bertz CT molecular complexity index is 1060. The topological polar surface area (TPSA) is 120 Å². The molecule has 29 heavy (non-hydrogen) atoms. The molecular formula is C19H25N7O3. The number of carboxylic acid groups (broad SMARTS) is 1. The number of aromatic nitrogens is 6. The molecule has 3 aromatic heterocycles. The van der Waals surface area contributed by atoms with E-state index in [1.54, 1.807) is 0 Å². The summed E-state index contributed by atoms with van der Waals surface area (Å²) in [6, 6.07) is -0.852. The Labute approximate surface area is 168 Å². The molecule has 1 amide bonds. The van der Waals surface area contributed by atoms with E-state index in [-0.39, 0.29) is 11.5 Å². The van der Waals surface area contributed by atoms with Gasteiger partial charge in [0.25, 0.3) is 5.91 Å². The second kappa shape index (κ2) is 7.90. The van der Waals surface area contributed by atoms with Crippen LogP contribution in [0, 0.1) is 20.8 Å². The third kappa shape index (κ3) is 4.05. The fourth-order valence-corrected chi connectivity index (χ4v) is 3.04. The summed E-state index contributed by atoms with van der Waals surface area (Å²) in [4.78, 5) is 23.7. The normalized spacial score (nSPS) is 12.2. The number of hydrogen-bond donors (Lipinski definition) is 2. The molecule has 0 saturated heterocycles. The van der Waals surface area contributed by atoms with Crippen LogP contribution in [0.4, 0.5) is 5.69 Å². The molecule has 154 valence electrons. The third-order valence-electron chi connectivity index (χ3n) is 4.93. The van der Waals surface area contributed by atoms with Gasteiger partial charge in [0.05, 0.1) is 41.1 Å². The van der Waals surface area contributed by atoms with Crippen LogP contribution in [-0.2, 0) is 17.9 Å². The fraction of sp³-hybridized carbons (Fsp3) is 0.421. The SMILES string of the molecule is CCn1cc(Cn2nc(C)c(NC(=O)c3cnn(C(C)C(=O)O)c3)c2C)c(C)n1. The molecule has 10 nitrogen and oxygen atoms in total. The van der Waals surface area contributed by atoms with Crippen molar-refractivity contribution in [2.24, 2.45) is 0 Å². The monoisotopic (exact) mass is 399 g/mol. The van der Waals surface area contributed by atoms with E-state index in [0.717, 1.165) is 23.5 Å². The van der Waals surface area contributed by atoms with Crippen molar-refractivity contribution in [2.45, 2.75) is 53.8 Å². The van der Waals surface area contributed by atoms with E-state index >= 15 is 0 Å². The van der Waals surface area contributed by atoms with Crippen molar-refractivity contribution in [3.05, 3.63) is 46.8 Å². The first-order valence-electron chi connectivity index (χ1n) is 9.36. The Balaban J connectivity index is 1.79. The molecule has 3 heterocycles. The lowest BCUT2D eigenvalue weighted by atomic mass is 10.2. The van der Waals surface area contributed by atoms with Crippen LogP contribution in [0.3, 0.4) is 0 Å². The molecule has 3 aromatic rings. The van der Waals surface area contributed by atoms with E-state index in [2.05, 4.69) is 20.6 Å². The predicted molar refractivity (Wildman–Crippen MR) is 106 cm³/mol. The molecule has 0 aliphatic carbocycles. The lowest BCUT2D eigenvalue weighted by Gasteiger charge is -2.07. The van der Waals surface area contributed by atoms with Crippen molar-refractivity contribution < 1.29 is 14.7 Å². The van der Waals surface area contributed by atoms with Crippen molar-refractivity contribution >= 4 is 17.6 Å². The summed E-state index contributed by atoms with van der Waals surface area (Å²) in [7, 11) is 0. The lowest BCUT2D eigenvalue weighted by Crippen LogP contribution is -2.16. The van der Waals surface area contributed by atoms with Gasteiger partial charge in [-0.2, -0.15) is 15.3 Å². The zero-order valence-electron chi connectivity index (χ0n) is 17.2. The molecule has 0 bridgehead atoms. The van der Waals surface area contributed by atoms with Crippen LogP contribution >= 0.6 is 0 Å². The largest absolute Gasteiger partial charge is 0.480 e. The highest BCUT2D eigenvalue weighted by Crippen LogP contribution is 2.22. The zero-order valence-corrected chi connectivity index (χ0v) is 17.2. The summed E-state index contributed by atoms with van der Waals surface area (Å²) in [5.74, 6) is -1.38. The van der Waals surface area contributed by atoms with Gasteiger partial charge in [-0.15, -0.1) is 0 Å². The minimum atomic E-state index is -1.02. The van der Waals surface area contributed by atoms with Gasteiger partial charge in [0, 0.05) is 24.5 Å². The molecule has 10 heteroatoms. The highest BCUT2D eigenvalue weighted by molar-refractivity contribution is 6.04. The van der Waals surface area contributed by atoms with Crippen molar-refractivity contribution in [2.75, 3.05) is 5.32 Å². The number of carbonyl (C=O) groups excluding carboxylic acids is 1. The molecule has 0 saturated carbocycles. The lowest BCUT2D eigenvalue weighted by molar-refractivity contribution is -0.140. The van der Waals surface area contributed by atoms with E-state index in [1.165, 1.54) is 24.0 Å². The number of rotatable bonds is 7. The molecule has 1 unspecified atom stereocenters. The zero-order chi connectivity index (χ0) is 21.3. The van der Waals surface area contributed by atoms with Gasteiger partial charge in [0.1, 0.15) is 6.04 Å². The van der Waals surface area contributed by atoms with E-state index in [4.69, 9.17) is 5.11 Å². The quantitative estimate of drug-likeness (QED) is 0.628. The molecule has 0 fully saturated rings. The van der Waals surface area contributed by atoms with Gasteiger partial charge in [-0.3, -0.25) is 18.8 Å². The maximum Gasteiger partial charge on any atom is 0.328 e. The molecule has 0 aliphatic rings. The number of hydrogen-bond acceptors (Lipinski definition) is 5. The number of aliphatic carboxylic acids is 1. The van der Waals surface area contributed by atoms with Gasteiger partial charge in [0.2, 0.25) is 0 Å². The van der Waals surface area contributed by atoms with Crippen LogP contribution in [-0.4, -0.2) is 46.3 Å². The van der Waals surface area contributed by atoms with Crippen molar-refractivity contribution in [1.82, 2.24) is 29.3 Å². The average Bonchev–Trinajstić information content (AvgIpc) is 3.36. The summed E-state index contributed by atoms with van der Waals surface area (Å²) >= 11 is 0. The number of aryl methyl sites for hydroxylation is 3. The molecule has 0 radical (unpaired) electrons. The number of carboxylic acids is 1. The van der Waals surface area contributed by atoms with Crippen LogP contribution < -0.4 is 5.32 Å². The minimum absolute atomic E-state index is 0.282. The van der Waals surface area contributed by atoms with Crippen LogP contribution in [0.1, 0.15) is 52.9 Å². The van der Waals surface area contributed by atoms with Crippen LogP contribution in [0.2, 0.25) is 0 Å². The molecule has 2 N–H and O–H groups in total. The van der Waals surface area contributed by atoms with Gasteiger partial charge < -0.3 is 10.4 Å². The van der Waals surface area contributed by atoms with Gasteiger partial charge in [-0.05, 0) is 34.6 Å². The van der Waals surface area contributed by atoms with Gasteiger partial charge >= 0.3 is 5.97 Å². The molecule has 0 spiro atoms. The smallest absolute Gasteiger partial charge is 0.328 e. The highest BCUT2D eigenvalue weighted by atomic mass is 16.4. The Morgan fingerprint density at radius 1 is 1.17 bits per heavy atom. The van der Waals surface area contributed by atoms with Crippen LogP contribution in [0.15, 0.2) is 18.6 Å². The number of anilines is 1. The predicted octanol–water partition coefficient (Wildman–Crippen LogP) is 2.17. The first-order chi connectivity index (χ1) is 13.7. The minimum Gasteiger partial charge on any atom is -0.480 e. The molecular weight excluding hydrogens is 374 g/mol. The standard InChI is InChI=1S/C19H25N7O3/c1-6-24-8-16(11(2)22-24)10-26-13(4)17(12(3)23-26)21-18(27)15-7-20-25(9-15)14(5)19(28)29/h7-9,14H,6,10H2,1-5H3,(H,21,27)(H,28,29). The summed E-state index contributed by atoms with van der Waals surface area (Å²) < 4.78 is 4.97. The summed E-state index contributed by atoms with van der Waals surface area (Å²) in [6.07, 6.45) is 4.78. The molecule has 3 rings (SSSR count). The Kier molecular flexibility index (Phi) is 5.53. The maximum absolute atomic E-state index is 12.6. The van der Waals surface area contributed by atoms with E-state index in [1.807, 2.05) is 43.3 Å². The average molecular weight is 399 g/mol. The van der Waals surface area contributed by atoms with Gasteiger partial charge in [-0.1, -0.05) is 0 Å².